The third-order valence-electron chi connectivity index (χ3n) is 2.18. The highest BCUT2D eigenvalue weighted by Crippen LogP contribution is 2.21. The Morgan fingerprint density at radius 3 is 2.93 bits per heavy atom. The van der Waals surface area contributed by atoms with Crippen molar-refractivity contribution in [3.05, 3.63) is 36.0 Å². The van der Waals surface area contributed by atoms with E-state index in [1.54, 1.807) is 18.2 Å². The Morgan fingerprint density at radius 1 is 1.47 bits per heavy atom. The number of benzene rings is 1. The molecule has 0 spiro atoms. The van der Waals surface area contributed by atoms with Gasteiger partial charge in [0, 0.05) is 17.6 Å². The molecule has 1 aromatic heterocycles. The van der Waals surface area contributed by atoms with Crippen LogP contribution in [-0.2, 0) is 0 Å². The van der Waals surface area contributed by atoms with E-state index in [2.05, 4.69) is 4.98 Å². The maximum atomic E-state index is 10.9. The van der Waals surface area contributed by atoms with Crippen LogP contribution in [0.4, 0.5) is 0 Å². The zero-order valence-electron chi connectivity index (χ0n) is 8.10. The highest BCUT2D eigenvalue weighted by Gasteiger charge is 2.08. The van der Waals surface area contributed by atoms with Crippen molar-refractivity contribution in [3.8, 4) is 5.88 Å². The molecule has 4 nitrogen and oxygen atoms in total. The lowest BCUT2D eigenvalue weighted by Gasteiger charge is -2.03. The van der Waals surface area contributed by atoms with Crippen LogP contribution >= 0.6 is 0 Å². The first-order valence-electron chi connectivity index (χ1n) is 4.38. The molecule has 0 amide bonds. The fourth-order valence-corrected chi connectivity index (χ4v) is 1.45. The van der Waals surface area contributed by atoms with E-state index < -0.39 is 5.97 Å². The van der Waals surface area contributed by atoms with Crippen molar-refractivity contribution in [1.29, 1.82) is 0 Å². The van der Waals surface area contributed by atoms with Gasteiger partial charge in [0.15, 0.2) is 0 Å². The van der Waals surface area contributed by atoms with E-state index in [4.69, 9.17) is 9.84 Å². The number of carboxylic acids is 1. The largest absolute Gasteiger partial charge is 0.481 e. The molecule has 0 aliphatic rings. The number of carbonyl (C=O) groups is 1. The maximum Gasteiger partial charge on any atom is 0.336 e. The number of fused-ring (bicyclic) bond motifs is 1. The fourth-order valence-electron chi connectivity index (χ4n) is 1.45. The van der Waals surface area contributed by atoms with E-state index in [9.17, 15) is 4.79 Å². The predicted molar refractivity (Wildman–Crippen MR) is 55.3 cm³/mol. The number of ether oxygens (including phenoxy) is 1. The summed E-state index contributed by atoms with van der Waals surface area (Å²) in [6, 6.07) is 6.79. The third kappa shape index (κ3) is 1.61. The first-order valence-corrected chi connectivity index (χ1v) is 4.38. The minimum atomic E-state index is -0.951. The second kappa shape index (κ2) is 3.57. The molecule has 0 aliphatic carbocycles. The molecule has 1 heterocycles. The summed E-state index contributed by atoms with van der Waals surface area (Å²) in [4.78, 5) is 14.9. The quantitative estimate of drug-likeness (QED) is 0.810. The van der Waals surface area contributed by atoms with Gasteiger partial charge in [-0.2, -0.15) is 0 Å². The summed E-state index contributed by atoms with van der Waals surface area (Å²) in [6.07, 6.45) is 1.51. The van der Waals surface area contributed by atoms with Gasteiger partial charge in [0.1, 0.15) is 0 Å². The van der Waals surface area contributed by atoms with Crippen LogP contribution in [0.3, 0.4) is 0 Å². The summed E-state index contributed by atoms with van der Waals surface area (Å²) in [5.74, 6) is -0.474. The van der Waals surface area contributed by atoms with Gasteiger partial charge >= 0.3 is 5.97 Å². The highest BCUT2D eigenvalue weighted by molar-refractivity contribution is 6.03. The van der Waals surface area contributed by atoms with Crippen LogP contribution in [0, 0.1) is 0 Å². The lowest BCUT2D eigenvalue weighted by molar-refractivity contribution is 0.0699. The van der Waals surface area contributed by atoms with E-state index in [0.29, 0.717) is 11.3 Å². The van der Waals surface area contributed by atoms with Crippen molar-refractivity contribution >= 4 is 16.7 Å². The number of aromatic carboxylic acids is 1. The van der Waals surface area contributed by atoms with E-state index >= 15 is 0 Å². The van der Waals surface area contributed by atoms with Gasteiger partial charge in [-0.15, -0.1) is 0 Å². The summed E-state index contributed by atoms with van der Waals surface area (Å²) in [5.41, 5.74) is 0.252. The van der Waals surface area contributed by atoms with Gasteiger partial charge in [0.2, 0.25) is 5.88 Å². The molecule has 0 saturated carbocycles. The summed E-state index contributed by atoms with van der Waals surface area (Å²) < 4.78 is 4.96. The van der Waals surface area contributed by atoms with Crippen LogP contribution in [0.5, 0.6) is 5.88 Å². The molecule has 0 unspecified atom stereocenters. The molecule has 2 aromatic rings. The molecule has 1 aromatic carbocycles. The van der Waals surface area contributed by atoms with Gasteiger partial charge in [-0.25, -0.2) is 9.78 Å². The zero-order chi connectivity index (χ0) is 10.8. The standard InChI is InChI=1S/C11H9NO3/c1-15-10-5-7-3-2-4-8(11(13)14)9(7)6-12-10/h2-6H,1H3,(H,13,14). The van der Waals surface area contributed by atoms with Gasteiger partial charge < -0.3 is 9.84 Å². The topological polar surface area (TPSA) is 59.4 Å². The number of hydrogen-bond donors (Lipinski definition) is 1. The molecule has 0 atom stereocenters. The SMILES string of the molecule is COc1cc2cccc(C(=O)O)c2cn1. The Morgan fingerprint density at radius 2 is 2.27 bits per heavy atom. The normalized spacial score (nSPS) is 10.2. The monoisotopic (exact) mass is 203 g/mol. The van der Waals surface area contributed by atoms with Gasteiger partial charge in [-0.1, -0.05) is 12.1 Å². The molecule has 0 fully saturated rings. The molecule has 0 saturated heterocycles. The smallest absolute Gasteiger partial charge is 0.336 e. The minimum Gasteiger partial charge on any atom is -0.481 e. The fraction of sp³-hybridized carbons (Fsp3) is 0.0909. The van der Waals surface area contributed by atoms with Crippen LogP contribution in [0.1, 0.15) is 10.4 Å². The summed E-state index contributed by atoms with van der Waals surface area (Å²) in [7, 11) is 1.52. The van der Waals surface area contributed by atoms with Gasteiger partial charge in [-0.3, -0.25) is 0 Å². The van der Waals surface area contributed by atoms with E-state index in [1.165, 1.54) is 13.3 Å². The number of nitrogens with zero attached hydrogens (tertiary/aromatic N) is 1. The number of hydrogen-bond acceptors (Lipinski definition) is 3. The molecule has 4 heteroatoms. The second-order valence-electron chi connectivity index (χ2n) is 3.06. The number of methoxy groups -OCH3 is 1. The van der Waals surface area contributed by atoms with Crippen molar-refractivity contribution in [3.63, 3.8) is 0 Å². The average molecular weight is 203 g/mol. The predicted octanol–water partition coefficient (Wildman–Crippen LogP) is 1.94. The van der Waals surface area contributed by atoms with Crippen molar-refractivity contribution in [1.82, 2.24) is 4.98 Å². The van der Waals surface area contributed by atoms with Gasteiger partial charge in [-0.05, 0) is 11.5 Å². The lowest BCUT2D eigenvalue weighted by Crippen LogP contribution is -1.97. The molecule has 15 heavy (non-hydrogen) atoms. The van der Waals surface area contributed by atoms with Crippen LogP contribution < -0.4 is 4.74 Å². The Bertz CT molecular complexity index is 522. The van der Waals surface area contributed by atoms with Crippen LogP contribution in [0.25, 0.3) is 10.8 Å². The number of carboxylic acid groups (broad SMARTS) is 1. The summed E-state index contributed by atoms with van der Waals surface area (Å²) >= 11 is 0. The number of rotatable bonds is 2. The molecular weight excluding hydrogens is 194 g/mol. The Labute approximate surface area is 86.1 Å². The molecule has 1 N–H and O–H groups in total. The first-order chi connectivity index (χ1) is 7.22. The van der Waals surface area contributed by atoms with Gasteiger partial charge in [0.05, 0.1) is 12.7 Å². The maximum absolute atomic E-state index is 10.9. The van der Waals surface area contributed by atoms with E-state index in [-0.39, 0.29) is 5.56 Å². The first kappa shape index (κ1) is 9.45. The second-order valence-corrected chi connectivity index (χ2v) is 3.06. The highest BCUT2D eigenvalue weighted by atomic mass is 16.5. The molecular formula is C11H9NO3. The molecule has 0 bridgehead atoms. The van der Waals surface area contributed by atoms with Crippen LogP contribution in [0.2, 0.25) is 0 Å². The number of pyridine rings is 1. The van der Waals surface area contributed by atoms with Crippen molar-refractivity contribution < 1.29 is 14.6 Å². The van der Waals surface area contributed by atoms with Crippen molar-refractivity contribution in [2.45, 2.75) is 0 Å². The van der Waals surface area contributed by atoms with Crippen LogP contribution in [-0.4, -0.2) is 23.2 Å². The van der Waals surface area contributed by atoms with E-state index in [0.717, 1.165) is 5.39 Å². The van der Waals surface area contributed by atoms with Gasteiger partial charge in [0.25, 0.3) is 0 Å². The van der Waals surface area contributed by atoms with Crippen LogP contribution in [0.15, 0.2) is 30.5 Å². The summed E-state index contributed by atoms with van der Waals surface area (Å²) in [5, 5.41) is 10.4. The number of aromatic nitrogens is 1. The summed E-state index contributed by atoms with van der Waals surface area (Å²) in [6.45, 7) is 0. The lowest BCUT2D eigenvalue weighted by atomic mass is 10.1. The Hall–Kier alpha value is -2.10. The molecule has 2 rings (SSSR count). The van der Waals surface area contributed by atoms with Crippen molar-refractivity contribution in [2.24, 2.45) is 0 Å². The third-order valence-corrected chi connectivity index (χ3v) is 2.18. The molecule has 0 radical (unpaired) electrons. The average Bonchev–Trinajstić information content (AvgIpc) is 2.27. The Kier molecular flexibility index (Phi) is 2.25. The minimum absolute atomic E-state index is 0.252. The zero-order valence-corrected chi connectivity index (χ0v) is 8.10. The molecule has 76 valence electrons. The van der Waals surface area contributed by atoms with Crippen molar-refractivity contribution in [2.75, 3.05) is 7.11 Å². The van der Waals surface area contributed by atoms with E-state index in [1.807, 2.05) is 6.07 Å². The Balaban J connectivity index is 2.72. The molecule has 0 aliphatic heterocycles.